The average molecular weight is 190 g/mol. The van der Waals surface area contributed by atoms with Crippen LogP contribution in [0.2, 0.25) is 0 Å². The Bertz CT molecular complexity index is 455. The Morgan fingerprint density at radius 2 is 2.14 bits per heavy atom. The second-order valence-electron chi connectivity index (χ2n) is 3.62. The SMILES string of the molecule is CCCc1ccc2occ(C)c2c1O. The van der Waals surface area contributed by atoms with Gasteiger partial charge in [-0.15, -0.1) is 0 Å². The highest BCUT2D eigenvalue weighted by Crippen LogP contribution is 2.32. The number of furan rings is 1. The van der Waals surface area contributed by atoms with Gasteiger partial charge >= 0.3 is 0 Å². The van der Waals surface area contributed by atoms with Crippen molar-refractivity contribution >= 4 is 11.0 Å². The van der Waals surface area contributed by atoms with Gasteiger partial charge in [0.15, 0.2) is 0 Å². The monoisotopic (exact) mass is 190 g/mol. The molecule has 0 saturated heterocycles. The molecule has 1 aromatic heterocycles. The summed E-state index contributed by atoms with van der Waals surface area (Å²) < 4.78 is 5.30. The van der Waals surface area contributed by atoms with Gasteiger partial charge in [-0.05, 0) is 30.5 Å². The number of fused-ring (bicyclic) bond motifs is 1. The number of phenolic OH excluding ortho intramolecular Hbond substituents is 1. The number of benzene rings is 1. The van der Waals surface area contributed by atoms with E-state index < -0.39 is 0 Å². The molecule has 2 aromatic rings. The van der Waals surface area contributed by atoms with Gasteiger partial charge in [-0.25, -0.2) is 0 Å². The van der Waals surface area contributed by atoms with E-state index >= 15 is 0 Å². The molecule has 0 fully saturated rings. The predicted molar refractivity (Wildman–Crippen MR) is 56.6 cm³/mol. The van der Waals surface area contributed by atoms with Crippen molar-refractivity contribution in [2.75, 3.05) is 0 Å². The molecule has 0 amide bonds. The third-order valence-corrected chi connectivity index (χ3v) is 2.50. The Kier molecular flexibility index (Phi) is 2.20. The summed E-state index contributed by atoms with van der Waals surface area (Å²) in [6.07, 6.45) is 3.63. The van der Waals surface area contributed by atoms with E-state index in [1.807, 2.05) is 19.1 Å². The van der Waals surface area contributed by atoms with E-state index in [-0.39, 0.29) is 0 Å². The van der Waals surface area contributed by atoms with Crippen molar-refractivity contribution in [3.8, 4) is 5.75 Å². The molecular formula is C12H14O2. The Labute approximate surface area is 83.2 Å². The van der Waals surface area contributed by atoms with E-state index in [1.165, 1.54) is 0 Å². The first-order valence-corrected chi connectivity index (χ1v) is 4.92. The van der Waals surface area contributed by atoms with Crippen molar-refractivity contribution in [2.45, 2.75) is 26.7 Å². The molecule has 0 saturated carbocycles. The van der Waals surface area contributed by atoms with Gasteiger partial charge in [-0.1, -0.05) is 19.4 Å². The molecule has 2 rings (SSSR count). The standard InChI is InChI=1S/C12H14O2/c1-3-4-9-5-6-10-11(12(9)13)8(2)7-14-10/h5-7,13H,3-4H2,1-2H3. The summed E-state index contributed by atoms with van der Waals surface area (Å²) in [5.41, 5.74) is 2.76. The number of hydrogen-bond acceptors (Lipinski definition) is 2. The number of rotatable bonds is 2. The van der Waals surface area contributed by atoms with Crippen LogP contribution in [0.15, 0.2) is 22.8 Å². The smallest absolute Gasteiger partial charge is 0.137 e. The fraction of sp³-hybridized carbons (Fsp3) is 0.333. The maximum Gasteiger partial charge on any atom is 0.137 e. The van der Waals surface area contributed by atoms with Gasteiger partial charge < -0.3 is 9.52 Å². The normalized spacial score (nSPS) is 11.0. The molecular weight excluding hydrogens is 176 g/mol. The van der Waals surface area contributed by atoms with Crippen LogP contribution in [0.25, 0.3) is 11.0 Å². The lowest BCUT2D eigenvalue weighted by Crippen LogP contribution is -1.84. The lowest BCUT2D eigenvalue weighted by molar-refractivity contribution is 0.473. The minimum Gasteiger partial charge on any atom is -0.507 e. The Morgan fingerprint density at radius 1 is 1.36 bits per heavy atom. The highest BCUT2D eigenvalue weighted by Gasteiger charge is 2.10. The van der Waals surface area contributed by atoms with Crippen LogP contribution in [0.3, 0.4) is 0 Å². The Hall–Kier alpha value is -1.44. The topological polar surface area (TPSA) is 33.4 Å². The number of hydrogen-bond donors (Lipinski definition) is 1. The molecule has 0 spiro atoms. The summed E-state index contributed by atoms with van der Waals surface area (Å²) in [6, 6.07) is 3.86. The third-order valence-electron chi connectivity index (χ3n) is 2.50. The molecule has 0 aliphatic carbocycles. The largest absolute Gasteiger partial charge is 0.507 e. The summed E-state index contributed by atoms with van der Waals surface area (Å²) in [6.45, 7) is 4.05. The van der Waals surface area contributed by atoms with Gasteiger partial charge in [0, 0.05) is 0 Å². The lowest BCUT2D eigenvalue weighted by atomic mass is 10.0. The predicted octanol–water partition coefficient (Wildman–Crippen LogP) is 3.40. The van der Waals surface area contributed by atoms with Gasteiger partial charge in [-0.2, -0.15) is 0 Å². The number of phenols is 1. The molecule has 1 N–H and O–H groups in total. The molecule has 0 aliphatic heterocycles. The van der Waals surface area contributed by atoms with E-state index in [2.05, 4.69) is 6.92 Å². The number of aryl methyl sites for hydroxylation is 2. The Morgan fingerprint density at radius 3 is 2.86 bits per heavy atom. The van der Waals surface area contributed by atoms with Crippen molar-refractivity contribution in [3.63, 3.8) is 0 Å². The fourth-order valence-electron chi connectivity index (χ4n) is 1.78. The van der Waals surface area contributed by atoms with Crippen LogP contribution in [0.1, 0.15) is 24.5 Å². The van der Waals surface area contributed by atoms with Gasteiger partial charge in [-0.3, -0.25) is 0 Å². The van der Waals surface area contributed by atoms with Crippen LogP contribution in [0.4, 0.5) is 0 Å². The molecule has 1 heterocycles. The molecule has 2 nitrogen and oxygen atoms in total. The first-order valence-electron chi connectivity index (χ1n) is 4.92. The third kappa shape index (κ3) is 1.27. The summed E-state index contributed by atoms with van der Waals surface area (Å²) in [5.74, 6) is 0.385. The first kappa shape index (κ1) is 9.13. The van der Waals surface area contributed by atoms with E-state index in [0.29, 0.717) is 5.75 Å². The van der Waals surface area contributed by atoms with Crippen molar-refractivity contribution in [1.29, 1.82) is 0 Å². The molecule has 1 aromatic carbocycles. The molecule has 0 radical (unpaired) electrons. The second kappa shape index (κ2) is 3.37. The van der Waals surface area contributed by atoms with Gasteiger partial charge in [0.25, 0.3) is 0 Å². The van der Waals surface area contributed by atoms with E-state index in [4.69, 9.17) is 4.42 Å². The average Bonchev–Trinajstić information content (AvgIpc) is 2.54. The zero-order chi connectivity index (χ0) is 10.1. The minimum absolute atomic E-state index is 0.385. The first-order chi connectivity index (χ1) is 6.74. The van der Waals surface area contributed by atoms with Crippen molar-refractivity contribution in [3.05, 3.63) is 29.5 Å². The lowest BCUT2D eigenvalue weighted by Gasteiger charge is -2.03. The van der Waals surface area contributed by atoms with Crippen molar-refractivity contribution < 1.29 is 9.52 Å². The van der Waals surface area contributed by atoms with Crippen LogP contribution in [0, 0.1) is 6.92 Å². The molecule has 0 unspecified atom stereocenters. The van der Waals surface area contributed by atoms with E-state index in [9.17, 15) is 5.11 Å². The van der Waals surface area contributed by atoms with Crippen LogP contribution in [0.5, 0.6) is 5.75 Å². The molecule has 0 atom stereocenters. The van der Waals surface area contributed by atoms with Gasteiger partial charge in [0.2, 0.25) is 0 Å². The van der Waals surface area contributed by atoms with E-state index in [0.717, 1.165) is 34.9 Å². The highest BCUT2D eigenvalue weighted by atomic mass is 16.3. The van der Waals surface area contributed by atoms with Crippen molar-refractivity contribution in [2.24, 2.45) is 0 Å². The minimum atomic E-state index is 0.385. The molecule has 14 heavy (non-hydrogen) atoms. The van der Waals surface area contributed by atoms with Crippen LogP contribution in [-0.2, 0) is 6.42 Å². The van der Waals surface area contributed by atoms with Gasteiger partial charge in [0.1, 0.15) is 11.3 Å². The fourth-order valence-corrected chi connectivity index (χ4v) is 1.78. The molecule has 0 aliphatic rings. The maximum atomic E-state index is 9.99. The quantitative estimate of drug-likeness (QED) is 0.787. The zero-order valence-corrected chi connectivity index (χ0v) is 8.50. The summed E-state index contributed by atoms with van der Waals surface area (Å²) in [5, 5.41) is 10.8. The summed E-state index contributed by atoms with van der Waals surface area (Å²) in [4.78, 5) is 0. The summed E-state index contributed by atoms with van der Waals surface area (Å²) in [7, 11) is 0. The maximum absolute atomic E-state index is 9.99. The second-order valence-corrected chi connectivity index (χ2v) is 3.62. The van der Waals surface area contributed by atoms with Crippen LogP contribution >= 0.6 is 0 Å². The summed E-state index contributed by atoms with van der Waals surface area (Å²) >= 11 is 0. The van der Waals surface area contributed by atoms with Gasteiger partial charge in [0.05, 0.1) is 11.6 Å². The van der Waals surface area contributed by atoms with Crippen LogP contribution < -0.4 is 0 Å². The van der Waals surface area contributed by atoms with Crippen LogP contribution in [-0.4, -0.2) is 5.11 Å². The van der Waals surface area contributed by atoms with E-state index in [1.54, 1.807) is 6.26 Å². The number of aromatic hydroxyl groups is 1. The molecule has 74 valence electrons. The Balaban J connectivity index is 2.66. The molecule has 2 heteroatoms. The molecule has 0 bridgehead atoms. The zero-order valence-electron chi connectivity index (χ0n) is 8.50. The highest BCUT2D eigenvalue weighted by molar-refractivity contribution is 5.88. The van der Waals surface area contributed by atoms with Crippen molar-refractivity contribution in [1.82, 2.24) is 0 Å².